The summed E-state index contributed by atoms with van der Waals surface area (Å²) in [7, 11) is -2.99. The molecule has 2 saturated heterocycles. The number of hydrogen-bond donors (Lipinski definition) is 8. The van der Waals surface area contributed by atoms with E-state index in [2.05, 4.69) is 15.2 Å². The van der Waals surface area contributed by atoms with Crippen LogP contribution in [0.25, 0.3) is 0 Å². The molecule has 10 atom stereocenters. The highest BCUT2D eigenvalue weighted by Crippen LogP contribution is 2.47. The number of phosphoric ester groups is 1. The van der Waals surface area contributed by atoms with E-state index in [0.717, 1.165) is 5.56 Å². The molecule has 14 heteroatoms. The summed E-state index contributed by atoms with van der Waals surface area (Å²) >= 11 is 0. The van der Waals surface area contributed by atoms with Crippen LogP contribution in [0, 0.1) is 5.92 Å². The lowest BCUT2D eigenvalue weighted by atomic mass is 9.74. The van der Waals surface area contributed by atoms with E-state index >= 15 is 0 Å². The molecule has 3 fully saturated rings. The van der Waals surface area contributed by atoms with Crippen molar-refractivity contribution in [1.29, 1.82) is 0 Å². The zero-order chi connectivity index (χ0) is 27.9. The zero-order valence-corrected chi connectivity index (χ0v) is 22.5. The van der Waals surface area contributed by atoms with Crippen LogP contribution in [0.15, 0.2) is 24.3 Å². The molecule has 0 amide bonds. The van der Waals surface area contributed by atoms with Crippen molar-refractivity contribution in [2.45, 2.75) is 87.3 Å². The molecular formula is C24H39N2O11P. The van der Waals surface area contributed by atoms with E-state index in [-0.39, 0.29) is 18.7 Å². The molecule has 1 aromatic carbocycles. The minimum atomic E-state index is -4.63. The number of aliphatic hydroxyl groups is 4. The fourth-order valence-electron chi connectivity index (χ4n) is 5.83. The third-order valence-electron chi connectivity index (χ3n) is 7.78. The first kappa shape index (κ1) is 29.8. The number of rotatable bonds is 9. The van der Waals surface area contributed by atoms with Crippen molar-refractivity contribution < 1.29 is 53.5 Å². The maximum Gasteiger partial charge on any atom is 0.524 e. The molecule has 4 rings (SSSR count). The lowest BCUT2D eigenvalue weighted by Crippen LogP contribution is -2.80. The Hall–Kier alpha value is -1.19. The summed E-state index contributed by atoms with van der Waals surface area (Å²) in [5.41, 5.74) is -0.968. The Morgan fingerprint density at radius 3 is 2.39 bits per heavy atom. The van der Waals surface area contributed by atoms with E-state index in [1.807, 2.05) is 6.92 Å². The van der Waals surface area contributed by atoms with Crippen LogP contribution in [0.1, 0.15) is 32.3 Å². The van der Waals surface area contributed by atoms with Crippen molar-refractivity contribution in [1.82, 2.24) is 10.6 Å². The topological polar surface area (TPSA) is 199 Å². The number of ether oxygens (including phenoxy) is 3. The predicted octanol–water partition coefficient (Wildman–Crippen LogP) is -1.02. The molecule has 0 radical (unpaired) electrons. The highest BCUT2D eigenvalue weighted by Gasteiger charge is 2.68. The predicted molar refractivity (Wildman–Crippen MR) is 133 cm³/mol. The van der Waals surface area contributed by atoms with Crippen molar-refractivity contribution in [2.75, 3.05) is 20.1 Å². The Bertz CT molecular complexity index is 996. The first-order valence-corrected chi connectivity index (χ1v) is 14.4. The van der Waals surface area contributed by atoms with Gasteiger partial charge in [0.2, 0.25) is 12.1 Å². The van der Waals surface area contributed by atoms with Gasteiger partial charge in [-0.2, -0.15) is 0 Å². The second kappa shape index (κ2) is 11.4. The maximum absolute atomic E-state index is 11.7. The summed E-state index contributed by atoms with van der Waals surface area (Å²) in [6.07, 6.45) is -4.64. The number of phosphoric acid groups is 1. The van der Waals surface area contributed by atoms with Gasteiger partial charge >= 0.3 is 7.82 Å². The van der Waals surface area contributed by atoms with E-state index in [9.17, 15) is 25.0 Å². The highest BCUT2D eigenvalue weighted by atomic mass is 31.2. The number of fused-ring (bicyclic) bond motifs is 2. The Morgan fingerprint density at radius 2 is 1.79 bits per heavy atom. The monoisotopic (exact) mass is 562 g/mol. The number of aliphatic hydroxyl groups excluding tert-OH is 2. The van der Waals surface area contributed by atoms with Gasteiger partial charge in [-0.25, -0.2) is 4.57 Å². The summed E-state index contributed by atoms with van der Waals surface area (Å²) in [4.78, 5) is 17.8. The first-order valence-electron chi connectivity index (χ1n) is 12.8. The van der Waals surface area contributed by atoms with Gasteiger partial charge in [0, 0.05) is 18.9 Å². The quantitative estimate of drug-likeness (QED) is 0.134. The van der Waals surface area contributed by atoms with Crippen LogP contribution in [0.4, 0.5) is 0 Å². The molecule has 0 aromatic heterocycles. The van der Waals surface area contributed by atoms with Gasteiger partial charge in [-0.1, -0.05) is 19.1 Å². The Balaban J connectivity index is 1.44. The van der Waals surface area contributed by atoms with Crippen LogP contribution < -0.4 is 15.2 Å². The summed E-state index contributed by atoms with van der Waals surface area (Å²) < 4.78 is 33.5. The van der Waals surface area contributed by atoms with Crippen LogP contribution in [-0.4, -0.2) is 105 Å². The Morgan fingerprint density at radius 1 is 1.11 bits per heavy atom. The summed E-state index contributed by atoms with van der Waals surface area (Å²) in [6, 6.07) is 5.58. The number of benzene rings is 1. The number of nitrogens with one attached hydrogen (secondary N) is 2. The van der Waals surface area contributed by atoms with Crippen molar-refractivity contribution in [3.63, 3.8) is 0 Å². The number of hydrogen-bond acceptors (Lipinski definition) is 11. The second-order valence-electron chi connectivity index (χ2n) is 10.4. The largest absolute Gasteiger partial charge is 0.524 e. The molecule has 3 aliphatic rings. The van der Waals surface area contributed by atoms with Gasteiger partial charge in [-0.3, -0.25) is 9.79 Å². The molecule has 38 heavy (non-hydrogen) atoms. The smallest absolute Gasteiger partial charge is 0.404 e. The van der Waals surface area contributed by atoms with Gasteiger partial charge in [0.05, 0.1) is 24.4 Å². The van der Waals surface area contributed by atoms with Crippen LogP contribution in [0.3, 0.4) is 0 Å². The van der Waals surface area contributed by atoms with E-state index in [0.29, 0.717) is 19.4 Å². The minimum absolute atomic E-state index is 0.0368. The van der Waals surface area contributed by atoms with Crippen LogP contribution >= 0.6 is 7.82 Å². The van der Waals surface area contributed by atoms with Crippen LogP contribution in [-0.2, 0) is 25.2 Å². The molecule has 2 heterocycles. The molecule has 8 N–H and O–H groups in total. The number of likely N-dealkylation sites (N-methyl/N-ethyl adjacent to an activating group) is 1. The van der Waals surface area contributed by atoms with Gasteiger partial charge in [-0.05, 0) is 51.1 Å². The molecule has 13 nitrogen and oxygen atoms in total. The van der Waals surface area contributed by atoms with Crippen molar-refractivity contribution in [3.05, 3.63) is 29.8 Å². The van der Waals surface area contributed by atoms with Crippen molar-refractivity contribution in [2.24, 2.45) is 5.92 Å². The van der Waals surface area contributed by atoms with E-state index < -0.39 is 68.0 Å². The molecule has 0 bridgehead atoms. The Kier molecular flexibility index (Phi) is 8.90. The lowest BCUT2D eigenvalue weighted by Gasteiger charge is -2.60. The summed E-state index contributed by atoms with van der Waals surface area (Å²) in [5, 5.41) is 51.3. The lowest BCUT2D eigenvalue weighted by molar-refractivity contribution is -0.483. The summed E-state index contributed by atoms with van der Waals surface area (Å²) in [5.74, 6) is -2.70. The molecule has 1 aromatic rings. The average Bonchev–Trinajstić information content (AvgIpc) is 2.83. The minimum Gasteiger partial charge on any atom is -0.404 e. The third-order valence-corrected chi connectivity index (χ3v) is 8.23. The van der Waals surface area contributed by atoms with Crippen molar-refractivity contribution >= 4 is 7.82 Å². The van der Waals surface area contributed by atoms with Gasteiger partial charge in [0.15, 0.2) is 0 Å². The highest BCUT2D eigenvalue weighted by molar-refractivity contribution is 7.46. The molecule has 2 aliphatic heterocycles. The second-order valence-corrected chi connectivity index (χ2v) is 11.6. The molecule has 1 saturated carbocycles. The fourth-order valence-corrected chi connectivity index (χ4v) is 6.23. The van der Waals surface area contributed by atoms with Gasteiger partial charge in [0.1, 0.15) is 23.6 Å². The molecule has 1 aliphatic carbocycles. The van der Waals surface area contributed by atoms with E-state index in [1.54, 1.807) is 26.1 Å². The molecule has 0 spiro atoms. The zero-order valence-electron chi connectivity index (χ0n) is 21.6. The van der Waals surface area contributed by atoms with Crippen LogP contribution in [0.5, 0.6) is 5.75 Å². The van der Waals surface area contributed by atoms with E-state index in [1.165, 1.54) is 12.1 Å². The standard InChI is InChI=1S/C24H39N2O11P/c1-4-16-18(27)17(25-3)20-21(19(16)28)35-22-24(30,36-20)23(29,11-13(2)34-22)12-26-10-9-14-5-7-15(8-6-14)37-38(31,32)33/h5-8,13,16-22,25-30H,4,9-12H2,1-3H3,(H2,31,32,33)/t13-,16-,17+,18+,19+,20-,21-,22+,23-,24-/m1/s1. The fraction of sp³-hybridized carbons (Fsp3) is 0.750. The Labute approximate surface area is 221 Å². The third kappa shape index (κ3) is 5.80. The summed E-state index contributed by atoms with van der Waals surface area (Å²) in [6.45, 7) is 3.94. The maximum atomic E-state index is 11.7. The van der Waals surface area contributed by atoms with Gasteiger partial charge < -0.3 is 49.8 Å². The van der Waals surface area contributed by atoms with Gasteiger partial charge in [-0.15, -0.1) is 0 Å². The van der Waals surface area contributed by atoms with Crippen molar-refractivity contribution in [3.8, 4) is 5.75 Å². The SMILES string of the molecule is CC[C@@H]1[C@H](O)[C@H](NC)[C@H]2O[C@]3(O)[C@H](O[C@@H]2[C@H]1O)O[C@H](C)C[C@@]3(O)CNCCc1ccc(OP(=O)(O)O)cc1. The first-order chi connectivity index (χ1) is 17.8. The normalized spacial score (nSPS) is 41.3. The molecule has 216 valence electrons. The van der Waals surface area contributed by atoms with E-state index in [4.69, 9.17) is 24.0 Å². The molecular weight excluding hydrogens is 523 g/mol. The van der Waals surface area contributed by atoms with Gasteiger partial charge in [0.25, 0.3) is 0 Å². The molecule has 0 unspecified atom stereocenters. The van der Waals surface area contributed by atoms with Crippen LogP contribution in [0.2, 0.25) is 0 Å². The average molecular weight is 563 g/mol.